The number of nitrogens with one attached hydrogen (secondary N) is 1. The van der Waals surface area contributed by atoms with E-state index in [-0.39, 0.29) is 39.6 Å². The molecule has 0 spiro atoms. The van der Waals surface area contributed by atoms with Crippen LogP contribution in [-0.4, -0.2) is 43.3 Å². The highest BCUT2D eigenvalue weighted by Gasteiger charge is 2.29. The molecule has 0 radical (unpaired) electrons. The van der Waals surface area contributed by atoms with Crippen LogP contribution in [0.4, 0.5) is 10.5 Å². The number of nitrogens with zero attached hydrogens (tertiary/aromatic N) is 1. The fraction of sp³-hybridized carbons (Fsp3) is 0.167. The van der Waals surface area contributed by atoms with Crippen LogP contribution in [0.5, 0.6) is 0 Å². The Bertz CT molecular complexity index is 1070. The van der Waals surface area contributed by atoms with Crippen LogP contribution in [0.2, 0.25) is 0 Å². The lowest BCUT2D eigenvalue weighted by atomic mass is 10.2. The predicted molar refractivity (Wildman–Crippen MR) is 111 cm³/mol. The lowest BCUT2D eigenvalue weighted by Crippen LogP contribution is -2.27. The van der Waals surface area contributed by atoms with E-state index in [1.54, 1.807) is 12.1 Å². The van der Waals surface area contributed by atoms with Gasteiger partial charge in [0.15, 0.2) is 0 Å². The van der Waals surface area contributed by atoms with Crippen LogP contribution in [0.1, 0.15) is 15.9 Å². The Morgan fingerprint density at radius 2 is 1.90 bits per heavy atom. The minimum absolute atomic E-state index is 0.102. The number of hydrogen-bond acceptors (Lipinski definition) is 7. The third-order valence-corrected chi connectivity index (χ3v) is 6.82. The van der Waals surface area contributed by atoms with Gasteiger partial charge in [0, 0.05) is 10.2 Å². The summed E-state index contributed by atoms with van der Waals surface area (Å²) in [5, 5.41) is -0.301. The summed E-state index contributed by atoms with van der Waals surface area (Å²) in [5.41, 5.74) is 0.839. The van der Waals surface area contributed by atoms with Crippen molar-refractivity contribution in [2.45, 2.75) is 11.4 Å². The SMILES string of the molecule is COC(=O)c1cc(Br)ccc1S(=O)(=O)Nc1ccc(CN2C(=O)CSC2=O)cc1. The number of carbonyl (C=O) groups is 3. The van der Waals surface area contributed by atoms with E-state index in [4.69, 9.17) is 0 Å². The van der Waals surface area contributed by atoms with Gasteiger partial charge in [0.2, 0.25) is 5.91 Å². The molecule has 29 heavy (non-hydrogen) atoms. The Balaban J connectivity index is 1.80. The number of amides is 2. The molecule has 3 rings (SSSR count). The topological polar surface area (TPSA) is 110 Å². The fourth-order valence-corrected chi connectivity index (χ4v) is 4.93. The molecule has 2 aromatic carbocycles. The number of ether oxygens (including phenoxy) is 1. The van der Waals surface area contributed by atoms with Gasteiger partial charge in [0.05, 0.1) is 25.0 Å². The van der Waals surface area contributed by atoms with Crippen LogP contribution in [0.25, 0.3) is 0 Å². The van der Waals surface area contributed by atoms with Gasteiger partial charge in [-0.25, -0.2) is 13.2 Å². The van der Waals surface area contributed by atoms with Gasteiger partial charge in [-0.3, -0.25) is 19.2 Å². The molecule has 1 heterocycles. The molecule has 152 valence electrons. The summed E-state index contributed by atoms with van der Waals surface area (Å²) in [6.45, 7) is 0.122. The molecule has 8 nitrogen and oxygen atoms in total. The Kier molecular flexibility index (Phi) is 6.30. The summed E-state index contributed by atoms with van der Waals surface area (Å²) in [4.78, 5) is 36.2. The second-order valence-electron chi connectivity index (χ2n) is 5.97. The maximum absolute atomic E-state index is 12.8. The molecular formula is C18H15BrN2O6S2. The number of sulfonamides is 1. The number of esters is 1. The number of rotatable bonds is 6. The van der Waals surface area contributed by atoms with Crippen LogP contribution in [0.15, 0.2) is 51.8 Å². The van der Waals surface area contributed by atoms with Gasteiger partial charge in [-0.05, 0) is 35.9 Å². The van der Waals surface area contributed by atoms with E-state index in [0.717, 1.165) is 16.7 Å². The van der Waals surface area contributed by atoms with Gasteiger partial charge in [-0.1, -0.05) is 39.8 Å². The van der Waals surface area contributed by atoms with E-state index in [2.05, 4.69) is 25.4 Å². The molecule has 11 heteroatoms. The lowest BCUT2D eigenvalue weighted by Gasteiger charge is -2.14. The predicted octanol–water partition coefficient (Wildman–Crippen LogP) is 3.23. The number of methoxy groups -OCH3 is 1. The van der Waals surface area contributed by atoms with E-state index in [1.807, 2.05) is 0 Å². The van der Waals surface area contributed by atoms with Crippen molar-refractivity contribution in [3.05, 3.63) is 58.1 Å². The fourth-order valence-electron chi connectivity index (χ4n) is 2.61. The first-order chi connectivity index (χ1) is 13.7. The maximum Gasteiger partial charge on any atom is 0.339 e. The number of halogens is 1. The lowest BCUT2D eigenvalue weighted by molar-refractivity contribution is -0.125. The number of benzene rings is 2. The third kappa shape index (κ3) is 4.80. The van der Waals surface area contributed by atoms with Gasteiger partial charge >= 0.3 is 5.97 Å². The first-order valence-electron chi connectivity index (χ1n) is 8.18. The quantitative estimate of drug-likeness (QED) is 0.608. The normalized spacial score (nSPS) is 14.2. The van der Waals surface area contributed by atoms with Crippen molar-refractivity contribution in [3.63, 3.8) is 0 Å². The molecule has 1 aliphatic heterocycles. The molecule has 1 aliphatic rings. The van der Waals surface area contributed by atoms with E-state index < -0.39 is 16.0 Å². The van der Waals surface area contributed by atoms with E-state index in [0.29, 0.717) is 10.0 Å². The zero-order valence-corrected chi connectivity index (χ0v) is 18.3. The molecule has 0 unspecified atom stereocenters. The average molecular weight is 499 g/mol. The molecule has 0 bridgehead atoms. The van der Waals surface area contributed by atoms with Crippen LogP contribution in [-0.2, 0) is 26.1 Å². The van der Waals surface area contributed by atoms with Gasteiger partial charge < -0.3 is 4.74 Å². The Labute approximate surface area is 179 Å². The first-order valence-corrected chi connectivity index (χ1v) is 11.4. The van der Waals surface area contributed by atoms with Crippen molar-refractivity contribution >= 4 is 60.5 Å². The Morgan fingerprint density at radius 3 is 2.48 bits per heavy atom. The summed E-state index contributed by atoms with van der Waals surface area (Å²) in [6, 6.07) is 10.4. The molecular weight excluding hydrogens is 484 g/mol. The smallest absolute Gasteiger partial charge is 0.339 e. The monoisotopic (exact) mass is 498 g/mol. The minimum atomic E-state index is -4.06. The molecule has 0 saturated carbocycles. The molecule has 1 N–H and O–H groups in total. The highest BCUT2D eigenvalue weighted by Crippen LogP contribution is 2.25. The number of thioether (sulfide) groups is 1. The van der Waals surface area contributed by atoms with Crippen molar-refractivity contribution in [1.82, 2.24) is 4.90 Å². The van der Waals surface area contributed by atoms with Gasteiger partial charge in [-0.15, -0.1) is 0 Å². The summed E-state index contributed by atoms with van der Waals surface area (Å²) in [6.07, 6.45) is 0. The molecule has 2 amide bonds. The highest BCUT2D eigenvalue weighted by atomic mass is 79.9. The minimum Gasteiger partial charge on any atom is -0.465 e. The first kappa shape index (κ1) is 21.3. The standard InChI is InChI=1S/C18H15BrN2O6S2/c1-27-17(23)14-8-12(19)4-7-15(14)29(25,26)20-13-5-2-11(3-6-13)9-21-16(22)10-28-18(21)24/h2-8,20H,9-10H2,1H3. The second-order valence-corrected chi connectivity index (χ2v) is 9.46. The summed E-state index contributed by atoms with van der Waals surface area (Å²) >= 11 is 4.16. The molecule has 2 aromatic rings. The maximum atomic E-state index is 12.8. The number of carbonyl (C=O) groups excluding carboxylic acids is 3. The van der Waals surface area contributed by atoms with Crippen molar-refractivity contribution < 1.29 is 27.5 Å². The number of imide groups is 1. The molecule has 1 fully saturated rings. The molecule has 0 aromatic heterocycles. The zero-order valence-electron chi connectivity index (χ0n) is 15.0. The largest absolute Gasteiger partial charge is 0.465 e. The molecule has 0 aliphatic carbocycles. The summed E-state index contributed by atoms with van der Waals surface area (Å²) in [5.74, 6) is -0.901. The van der Waals surface area contributed by atoms with Crippen LogP contribution in [0.3, 0.4) is 0 Å². The van der Waals surface area contributed by atoms with E-state index >= 15 is 0 Å². The Hall–Kier alpha value is -2.37. The number of hydrogen-bond donors (Lipinski definition) is 1. The van der Waals surface area contributed by atoms with Gasteiger partial charge in [0.1, 0.15) is 4.90 Å². The van der Waals surface area contributed by atoms with Crippen molar-refractivity contribution in [3.8, 4) is 0 Å². The third-order valence-electron chi connectivity index (χ3n) is 4.02. The Morgan fingerprint density at radius 1 is 1.21 bits per heavy atom. The van der Waals surface area contributed by atoms with Crippen molar-refractivity contribution in [1.29, 1.82) is 0 Å². The molecule has 0 atom stereocenters. The summed E-state index contributed by atoms with van der Waals surface area (Å²) in [7, 11) is -2.90. The van der Waals surface area contributed by atoms with Crippen LogP contribution >= 0.6 is 27.7 Å². The number of anilines is 1. The zero-order chi connectivity index (χ0) is 21.2. The van der Waals surface area contributed by atoms with E-state index in [1.165, 1.54) is 37.4 Å². The summed E-state index contributed by atoms with van der Waals surface area (Å²) < 4.78 is 33.1. The molecule has 1 saturated heterocycles. The average Bonchev–Trinajstić information content (AvgIpc) is 3.00. The van der Waals surface area contributed by atoms with Gasteiger partial charge in [-0.2, -0.15) is 0 Å². The van der Waals surface area contributed by atoms with Crippen molar-refractivity contribution in [2.24, 2.45) is 0 Å². The van der Waals surface area contributed by atoms with Crippen LogP contribution in [0, 0.1) is 0 Å². The second kappa shape index (κ2) is 8.56. The van der Waals surface area contributed by atoms with E-state index in [9.17, 15) is 22.8 Å². The van der Waals surface area contributed by atoms with Crippen molar-refractivity contribution in [2.75, 3.05) is 17.6 Å². The highest BCUT2D eigenvalue weighted by molar-refractivity contribution is 9.10. The van der Waals surface area contributed by atoms with Crippen LogP contribution < -0.4 is 4.72 Å². The van der Waals surface area contributed by atoms with Gasteiger partial charge in [0.25, 0.3) is 15.3 Å².